The van der Waals surface area contributed by atoms with Crippen LogP contribution in [0.1, 0.15) is 33.4 Å². The lowest BCUT2D eigenvalue weighted by molar-refractivity contribution is 1.31. The van der Waals surface area contributed by atoms with Crippen LogP contribution in [0.4, 0.5) is 0 Å². The number of pyridine rings is 2. The van der Waals surface area contributed by atoms with Crippen molar-refractivity contribution in [2.24, 2.45) is 0 Å². The van der Waals surface area contributed by atoms with E-state index in [1.54, 1.807) is 0 Å². The van der Waals surface area contributed by atoms with Crippen LogP contribution in [0.15, 0.2) is 97.6 Å². The van der Waals surface area contributed by atoms with E-state index in [-0.39, 0.29) is 0 Å². The molecule has 2 heterocycles. The normalized spacial score (nSPS) is 11.2. The van der Waals surface area contributed by atoms with Gasteiger partial charge in [-0.05, 0) is 144 Å². The van der Waals surface area contributed by atoms with Crippen LogP contribution >= 0.6 is 0 Å². The minimum Gasteiger partial charge on any atom is -0.264 e. The molecule has 0 unspecified atom stereocenters. The van der Waals surface area contributed by atoms with Crippen LogP contribution in [0.5, 0.6) is 0 Å². The fourth-order valence-corrected chi connectivity index (χ4v) is 6.49. The second-order valence-corrected chi connectivity index (χ2v) is 11.2. The first-order chi connectivity index (χ1) is 19.3. The third-order valence-electron chi connectivity index (χ3n) is 7.95. The Kier molecular flexibility index (Phi) is 6.56. The highest BCUT2D eigenvalue weighted by Gasteiger charge is 2.19. The Balaban J connectivity index is 1.81. The molecule has 4 aromatic carbocycles. The molecule has 6 rings (SSSR count). The first kappa shape index (κ1) is 25.7. The zero-order valence-corrected chi connectivity index (χ0v) is 24.1. The van der Waals surface area contributed by atoms with Crippen LogP contribution in [0, 0.1) is 41.5 Å². The van der Waals surface area contributed by atoms with Crippen LogP contribution in [0.3, 0.4) is 0 Å². The van der Waals surface area contributed by atoms with E-state index < -0.39 is 0 Å². The molecule has 6 aromatic rings. The lowest BCUT2D eigenvalue weighted by Crippen LogP contribution is -1.97. The van der Waals surface area contributed by atoms with Gasteiger partial charge in [0.1, 0.15) is 0 Å². The quantitative estimate of drug-likeness (QED) is 0.232. The van der Waals surface area contributed by atoms with E-state index >= 15 is 0 Å². The molecular formula is C38H34N2. The van der Waals surface area contributed by atoms with E-state index in [4.69, 9.17) is 0 Å². The summed E-state index contributed by atoms with van der Waals surface area (Å²) < 4.78 is 0. The molecule has 0 saturated heterocycles. The molecule has 0 amide bonds. The number of rotatable bonds is 4. The van der Waals surface area contributed by atoms with Gasteiger partial charge in [-0.25, -0.2) is 0 Å². The van der Waals surface area contributed by atoms with Crippen molar-refractivity contribution in [2.45, 2.75) is 41.5 Å². The van der Waals surface area contributed by atoms with Gasteiger partial charge in [0.25, 0.3) is 0 Å². The number of benzene rings is 4. The first-order valence-corrected chi connectivity index (χ1v) is 13.9. The lowest BCUT2D eigenvalue weighted by Gasteiger charge is -2.21. The van der Waals surface area contributed by atoms with Crippen molar-refractivity contribution in [1.82, 2.24) is 9.97 Å². The highest BCUT2D eigenvalue weighted by atomic mass is 14.6. The summed E-state index contributed by atoms with van der Waals surface area (Å²) in [6.07, 6.45) is 7.60. The molecule has 2 nitrogen and oxygen atoms in total. The van der Waals surface area contributed by atoms with Gasteiger partial charge in [-0.2, -0.15) is 0 Å². The SMILES string of the molecule is Cc1cc(C)c(-c2cc(-c3cccnc3)cc3c(-c4c(C)cc(C)cc4C)cc(-c4cccnc4)cc23)c(C)c1. The highest BCUT2D eigenvalue weighted by molar-refractivity contribution is 6.10. The Hall–Kier alpha value is -4.56. The molecule has 2 aromatic heterocycles. The Morgan fingerprint density at radius 2 is 0.800 bits per heavy atom. The number of aromatic nitrogens is 2. The molecule has 0 spiro atoms. The van der Waals surface area contributed by atoms with Gasteiger partial charge in [0.05, 0.1) is 0 Å². The number of hydrogen-bond acceptors (Lipinski definition) is 2. The van der Waals surface area contributed by atoms with Crippen molar-refractivity contribution in [3.05, 3.63) is 131 Å². The Morgan fingerprint density at radius 1 is 0.425 bits per heavy atom. The summed E-state index contributed by atoms with van der Waals surface area (Å²) in [6, 6.07) is 26.9. The summed E-state index contributed by atoms with van der Waals surface area (Å²) in [5.41, 5.74) is 17.4. The van der Waals surface area contributed by atoms with Gasteiger partial charge >= 0.3 is 0 Å². The molecule has 0 fully saturated rings. The lowest BCUT2D eigenvalue weighted by atomic mass is 9.83. The molecule has 40 heavy (non-hydrogen) atoms. The van der Waals surface area contributed by atoms with E-state index in [1.165, 1.54) is 77.5 Å². The van der Waals surface area contributed by atoms with Crippen LogP contribution < -0.4 is 0 Å². The molecule has 0 aliphatic rings. The third kappa shape index (κ3) is 4.60. The topological polar surface area (TPSA) is 25.8 Å². The minimum atomic E-state index is 1.12. The van der Waals surface area contributed by atoms with Crippen LogP contribution in [0.25, 0.3) is 55.3 Å². The van der Waals surface area contributed by atoms with Gasteiger partial charge in [0.15, 0.2) is 0 Å². The maximum Gasteiger partial charge on any atom is 0.0346 e. The average molecular weight is 519 g/mol. The first-order valence-electron chi connectivity index (χ1n) is 13.9. The smallest absolute Gasteiger partial charge is 0.0346 e. The van der Waals surface area contributed by atoms with Crippen LogP contribution in [-0.4, -0.2) is 9.97 Å². The molecule has 0 aliphatic heterocycles. The fourth-order valence-electron chi connectivity index (χ4n) is 6.49. The summed E-state index contributed by atoms with van der Waals surface area (Å²) in [7, 11) is 0. The van der Waals surface area contributed by atoms with Gasteiger partial charge in [0.2, 0.25) is 0 Å². The average Bonchev–Trinajstić information content (AvgIpc) is 2.93. The van der Waals surface area contributed by atoms with Crippen molar-refractivity contribution >= 4 is 10.8 Å². The Bertz CT molecular complexity index is 1700. The van der Waals surface area contributed by atoms with Crippen molar-refractivity contribution in [1.29, 1.82) is 0 Å². The summed E-state index contributed by atoms with van der Waals surface area (Å²) in [6.45, 7) is 13.3. The second kappa shape index (κ2) is 10.2. The predicted molar refractivity (Wildman–Crippen MR) is 170 cm³/mol. The van der Waals surface area contributed by atoms with Crippen LogP contribution in [0.2, 0.25) is 0 Å². The predicted octanol–water partition coefficient (Wildman–Crippen LogP) is 10.1. The summed E-state index contributed by atoms with van der Waals surface area (Å²) in [4.78, 5) is 8.91. The maximum atomic E-state index is 4.46. The number of nitrogens with zero attached hydrogens (tertiary/aromatic N) is 2. The largest absolute Gasteiger partial charge is 0.264 e. The zero-order valence-electron chi connectivity index (χ0n) is 24.1. The third-order valence-corrected chi connectivity index (χ3v) is 7.95. The standard InChI is InChI=1S/C38H34N2/c1-23-13-25(3)37(26(4)14-23)35-19-31(29-9-7-11-39-21-29)18-34-33(35)17-32(30-10-8-12-40-22-30)20-36(34)38-27(5)15-24(2)16-28(38)6/h7-22H,1-6H3. The number of aryl methyl sites for hydroxylation is 6. The Morgan fingerprint density at radius 3 is 1.12 bits per heavy atom. The van der Waals surface area contributed by atoms with Gasteiger partial charge < -0.3 is 0 Å². The van der Waals surface area contributed by atoms with Crippen molar-refractivity contribution < 1.29 is 0 Å². The van der Waals surface area contributed by atoms with Crippen LogP contribution in [-0.2, 0) is 0 Å². The molecule has 196 valence electrons. The molecule has 0 bridgehead atoms. The van der Waals surface area contributed by atoms with E-state index in [2.05, 4.69) is 112 Å². The Labute approximate surface area is 237 Å². The molecular weight excluding hydrogens is 484 g/mol. The monoisotopic (exact) mass is 518 g/mol. The van der Waals surface area contributed by atoms with Gasteiger partial charge in [-0.1, -0.05) is 47.5 Å². The van der Waals surface area contributed by atoms with Crippen molar-refractivity contribution in [2.75, 3.05) is 0 Å². The number of fused-ring (bicyclic) bond motifs is 1. The van der Waals surface area contributed by atoms with E-state index in [9.17, 15) is 0 Å². The molecule has 0 N–H and O–H groups in total. The molecule has 0 atom stereocenters. The molecule has 0 radical (unpaired) electrons. The van der Waals surface area contributed by atoms with Gasteiger partial charge in [-0.15, -0.1) is 0 Å². The fraction of sp³-hybridized carbons (Fsp3) is 0.158. The summed E-state index contributed by atoms with van der Waals surface area (Å²) in [5.74, 6) is 0. The number of hydrogen-bond donors (Lipinski definition) is 0. The summed E-state index contributed by atoms with van der Waals surface area (Å²) in [5, 5.41) is 2.50. The van der Waals surface area contributed by atoms with Crippen molar-refractivity contribution in [3.8, 4) is 44.5 Å². The zero-order chi connectivity index (χ0) is 28.0. The highest BCUT2D eigenvalue weighted by Crippen LogP contribution is 2.44. The van der Waals surface area contributed by atoms with Gasteiger partial charge in [0, 0.05) is 35.9 Å². The minimum absolute atomic E-state index is 1.12. The second-order valence-electron chi connectivity index (χ2n) is 11.2. The van der Waals surface area contributed by atoms with Crippen molar-refractivity contribution in [3.63, 3.8) is 0 Å². The van der Waals surface area contributed by atoms with Gasteiger partial charge in [-0.3, -0.25) is 9.97 Å². The summed E-state index contributed by atoms with van der Waals surface area (Å²) >= 11 is 0. The molecule has 0 saturated carbocycles. The van der Waals surface area contributed by atoms with E-state index in [0.717, 1.165) is 11.1 Å². The molecule has 0 aliphatic carbocycles. The maximum absolute atomic E-state index is 4.46. The van der Waals surface area contributed by atoms with E-state index in [0.29, 0.717) is 0 Å². The van der Waals surface area contributed by atoms with E-state index in [1.807, 2.05) is 36.9 Å². The molecule has 2 heteroatoms.